The lowest BCUT2D eigenvalue weighted by Crippen LogP contribution is -2.25. The van der Waals surface area contributed by atoms with Crippen LogP contribution in [0.15, 0.2) is 102 Å². The van der Waals surface area contributed by atoms with Gasteiger partial charge in [0.1, 0.15) is 11.6 Å². The lowest BCUT2D eigenvalue weighted by atomic mass is 9.80. The summed E-state index contributed by atoms with van der Waals surface area (Å²) in [6.07, 6.45) is 1.40. The summed E-state index contributed by atoms with van der Waals surface area (Å²) in [4.78, 5) is 20.1. The van der Waals surface area contributed by atoms with Gasteiger partial charge in [0.2, 0.25) is 0 Å². The zero-order chi connectivity index (χ0) is 25.3. The Morgan fingerprint density at radius 1 is 0.944 bits per heavy atom. The molecule has 0 aliphatic carbocycles. The van der Waals surface area contributed by atoms with Gasteiger partial charge in [-0.25, -0.2) is 4.79 Å². The van der Waals surface area contributed by atoms with Crippen molar-refractivity contribution in [2.45, 2.75) is 19.3 Å². The van der Waals surface area contributed by atoms with Crippen LogP contribution in [0.1, 0.15) is 29.2 Å². The van der Waals surface area contributed by atoms with Gasteiger partial charge >= 0.3 is 5.97 Å². The molecule has 1 aromatic heterocycles. The molecule has 0 fully saturated rings. The van der Waals surface area contributed by atoms with Gasteiger partial charge in [0.15, 0.2) is 0 Å². The first kappa shape index (κ1) is 23.3. The average Bonchev–Trinajstić information content (AvgIpc) is 3.45. The number of carboxylic acids is 1. The summed E-state index contributed by atoms with van der Waals surface area (Å²) >= 11 is 1.44. The van der Waals surface area contributed by atoms with Crippen LogP contribution in [-0.2, 0) is 10.2 Å². The molecule has 0 spiro atoms. The van der Waals surface area contributed by atoms with Crippen molar-refractivity contribution >= 4 is 51.8 Å². The number of para-hydroxylation sites is 2. The SMILES string of the molecule is CC1(C)C(c2ccc(/C=C(/C#N)C(=O)O)s2)=Nc2ccc(N(c3ccccc3)c3ccccc3)cc21. The molecule has 3 aromatic carbocycles. The van der Waals surface area contributed by atoms with E-state index in [2.05, 4.69) is 61.2 Å². The first-order valence-electron chi connectivity index (χ1n) is 11.5. The van der Waals surface area contributed by atoms with E-state index in [1.54, 1.807) is 6.07 Å². The Hall–Kier alpha value is -4.47. The third-order valence-electron chi connectivity index (χ3n) is 6.26. The van der Waals surface area contributed by atoms with Crippen LogP contribution in [0, 0.1) is 11.3 Å². The highest BCUT2D eigenvalue weighted by molar-refractivity contribution is 7.15. The van der Waals surface area contributed by atoms with Gasteiger partial charge in [0, 0.05) is 27.4 Å². The molecule has 0 bridgehead atoms. The third kappa shape index (κ3) is 4.21. The van der Waals surface area contributed by atoms with Crippen LogP contribution in [-0.4, -0.2) is 16.8 Å². The van der Waals surface area contributed by atoms with Crippen LogP contribution >= 0.6 is 11.3 Å². The molecular formula is C30H23N3O2S. The molecule has 4 aromatic rings. The zero-order valence-electron chi connectivity index (χ0n) is 19.8. The summed E-state index contributed by atoms with van der Waals surface area (Å²) in [6, 6.07) is 32.4. The minimum Gasteiger partial charge on any atom is -0.477 e. The maximum Gasteiger partial charge on any atom is 0.346 e. The summed E-state index contributed by atoms with van der Waals surface area (Å²) in [6.45, 7) is 4.31. The molecule has 0 atom stereocenters. The standard InChI is InChI=1S/C30H23N3O2S/c1-30(2)25-18-23(33(21-9-5-3-6-10-21)22-11-7-4-8-12-22)13-15-26(25)32-28(30)27-16-14-24(36-27)17-20(19-31)29(34)35/h3-18H,1-2H3,(H,34,35)/b20-17-. The second-order valence-corrected chi connectivity index (χ2v) is 10.1. The number of aliphatic carboxylic acids is 1. The minimum absolute atomic E-state index is 0.286. The smallest absolute Gasteiger partial charge is 0.346 e. The normalized spacial score (nSPS) is 14.0. The van der Waals surface area contributed by atoms with Gasteiger partial charge < -0.3 is 10.0 Å². The van der Waals surface area contributed by atoms with Crippen LogP contribution in [0.25, 0.3) is 6.08 Å². The van der Waals surface area contributed by atoms with Crippen LogP contribution in [0.2, 0.25) is 0 Å². The van der Waals surface area contributed by atoms with Crippen LogP contribution < -0.4 is 4.90 Å². The number of nitriles is 1. The Morgan fingerprint density at radius 3 is 2.17 bits per heavy atom. The van der Waals surface area contributed by atoms with Gasteiger partial charge in [0.05, 0.1) is 16.3 Å². The number of aliphatic imine (C=N–C) groups is 1. The molecule has 5 rings (SSSR count). The van der Waals surface area contributed by atoms with Crippen LogP contribution in [0.3, 0.4) is 0 Å². The van der Waals surface area contributed by atoms with Crippen molar-refractivity contribution in [1.82, 2.24) is 0 Å². The van der Waals surface area contributed by atoms with Crippen molar-refractivity contribution in [1.29, 1.82) is 5.26 Å². The third-order valence-corrected chi connectivity index (χ3v) is 7.30. The Kier molecular flexibility index (Phi) is 6.01. The monoisotopic (exact) mass is 489 g/mol. The molecule has 0 unspecified atom stereocenters. The fourth-order valence-corrected chi connectivity index (χ4v) is 5.56. The van der Waals surface area contributed by atoms with Crippen molar-refractivity contribution in [3.05, 3.63) is 112 Å². The van der Waals surface area contributed by atoms with Gasteiger partial charge in [0.25, 0.3) is 0 Å². The highest BCUT2D eigenvalue weighted by atomic mass is 32.1. The van der Waals surface area contributed by atoms with Crippen molar-refractivity contribution in [2.24, 2.45) is 4.99 Å². The number of hydrogen-bond acceptors (Lipinski definition) is 5. The second kappa shape index (κ2) is 9.29. The summed E-state index contributed by atoms with van der Waals surface area (Å²) in [5.74, 6) is -1.23. The number of carbonyl (C=O) groups is 1. The highest BCUT2D eigenvalue weighted by Gasteiger charge is 2.37. The van der Waals surface area contributed by atoms with Gasteiger partial charge in [-0.15, -0.1) is 11.3 Å². The summed E-state index contributed by atoms with van der Waals surface area (Å²) < 4.78 is 0. The van der Waals surface area contributed by atoms with E-state index in [4.69, 9.17) is 10.3 Å². The van der Waals surface area contributed by atoms with E-state index in [-0.39, 0.29) is 11.0 Å². The first-order chi connectivity index (χ1) is 17.4. The molecule has 176 valence electrons. The van der Waals surface area contributed by atoms with Crippen LogP contribution in [0.5, 0.6) is 0 Å². The summed E-state index contributed by atoms with van der Waals surface area (Å²) in [5.41, 5.74) is 5.52. The Morgan fingerprint density at radius 2 is 1.58 bits per heavy atom. The Balaban J connectivity index is 1.53. The molecule has 6 heteroatoms. The van der Waals surface area contributed by atoms with E-state index in [9.17, 15) is 9.90 Å². The number of fused-ring (bicyclic) bond motifs is 1. The topological polar surface area (TPSA) is 76.7 Å². The lowest BCUT2D eigenvalue weighted by molar-refractivity contribution is -0.132. The molecule has 1 aliphatic heterocycles. The molecule has 1 N–H and O–H groups in total. The van der Waals surface area contributed by atoms with Crippen molar-refractivity contribution in [2.75, 3.05) is 4.90 Å². The van der Waals surface area contributed by atoms with Gasteiger partial charge in [-0.05, 0) is 66.2 Å². The predicted molar refractivity (Wildman–Crippen MR) is 146 cm³/mol. The minimum atomic E-state index is -1.23. The number of carboxylic acid groups (broad SMARTS) is 1. The fraction of sp³-hybridized carbons (Fsp3) is 0.100. The summed E-state index contributed by atoms with van der Waals surface area (Å²) in [5, 5.41) is 18.3. The molecule has 0 saturated heterocycles. The number of benzene rings is 3. The Labute approximate surface area is 213 Å². The van der Waals surface area contributed by atoms with Crippen molar-refractivity contribution in [3.63, 3.8) is 0 Å². The average molecular weight is 490 g/mol. The molecule has 0 radical (unpaired) electrons. The predicted octanol–water partition coefficient (Wildman–Crippen LogP) is 7.62. The van der Waals surface area contributed by atoms with Gasteiger partial charge in [-0.1, -0.05) is 50.2 Å². The van der Waals surface area contributed by atoms with E-state index >= 15 is 0 Å². The highest BCUT2D eigenvalue weighted by Crippen LogP contribution is 2.46. The molecule has 5 nitrogen and oxygen atoms in total. The molecular weight excluding hydrogens is 466 g/mol. The second-order valence-electron chi connectivity index (χ2n) is 8.97. The number of thiophene rings is 1. The van der Waals surface area contributed by atoms with Crippen LogP contribution in [0.4, 0.5) is 22.7 Å². The lowest BCUT2D eigenvalue weighted by Gasteiger charge is -2.28. The van der Waals surface area contributed by atoms with Crippen molar-refractivity contribution in [3.8, 4) is 6.07 Å². The zero-order valence-corrected chi connectivity index (χ0v) is 20.7. The number of rotatable bonds is 6. The maximum atomic E-state index is 11.2. The first-order valence-corrected chi connectivity index (χ1v) is 12.3. The molecule has 0 saturated carbocycles. The van der Waals surface area contributed by atoms with E-state index < -0.39 is 5.97 Å². The molecule has 36 heavy (non-hydrogen) atoms. The number of anilines is 3. The van der Waals surface area contributed by atoms with E-state index in [0.29, 0.717) is 4.88 Å². The number of hydrogen-bond donors (Lipinski definition) is 1. The maximum absolute atomic E-state index is 11.2. The quantitative estimate of drug-likeness (QED) is 0.223. The van der Waals surface area contributed by atoms with Crippen molar-refractivity contribution < 1.29 is 9.90 Å². The van der Waals surface area contributed by atoms with E-state index in [1.807, 2.05) is 48.5 Å². The van der Waals surface area contributed by atoms with Gasteiger partial charge in [-0.3, -0.25) is 4.99 Å². The number of nitrogens with zero attached hydrogens (tertiary/aromatic N) is 3. The van der Waals surface area contributed by atoms with Gasteiger partial charge in [-0.2, -0.15) is 5.26 Å². The molecule has 0 amide bonds. The fourth-order valence-electron chi connectivity index (χ4n) is 4.46. The van der Waals surface area contributed by atoms with E-state index in [0.717, 1.165) is 38.9 Å². The largest absolute Gasteiger partial charge is 0.477 e. The summed E-state index contributed by atoms with van der Waals surface area (Å²) in [7, 11) is 0. The Bertz CT molecular complexity index is 1500. The van der Waals surface area contributed by atoms with E-state index in [1.165, 1.54) is 17.4 Å². The molecule has 1 aliphatic rings. The molecule has 2 heterocycles.